The molecule has 0 aliphatic rings. The molecule has 0 saturated heterocycles. The highest BCUT2D eigenvalue weighted by Gasteiger charge is 2.12. The van der Waals surface area contributed by atoms with Crippen LogP contribution in [0.1, 0.15) is 10.4 Å². The van der Waals surface area contributed by atoms with Gasteiger partial charge in [-0.05, 0) is 11.6 Å². The number of nitrogen functional groups attached to an aromatic ring is 1. The van der Waals surface area contributed by atoms with E-state index in [-0.39, 0.29) is 5.56 Å². The zero-order valence-corrected chi connectivity index (χ0v) is 9.05. The van der Waals surface area contributed by atoms with Crippen molar-refractivity contribution >= 4 is 11.6 Å². The Morgan fingerprint density at radius 3 is 2.41 bits per heavy atom. The molecule has 4 heteroatoms. The van der Waals surface area contributed by atoms with Crippen molar-refractivity contribution in [2.45, 2.75) is 0 Å². The van der Waals surface area contributed by atoms with E-state index in [2.05, 4.69) is 0 Å². The topological polar surface area (TPSA) is 75.4 Å². The van der Waals surface area contributed by atoms with E-state index in [1.54, 1.807) is 17.6 Å². The molecular formula is C13H12N2O2. The van der Waals surface area contributed by atoms with Crippen LogP contribution in [0.4, 0.5) is 5.69 Å². The Balaban J connectivity index is 2.54. The number of carbonyl (C=O) groups excluding carboxylic acids is 1. The molecule has 1 amide bonds. The average molecular weight is 228 g/mol. The van der Waals surface area contributed by atoms with E-state index in [4.69, 9.17) is 10.9 Å². The Kier molecular flexibility index (Phi) is 3.07. The number of anilines is 1. The monoisotopic (exact) mass is 228 g/mol. The van der Waals surface area contributed by atoms with Crippen LogP contribution in [0, 0.1) is 0 Å². The third-order valence-corrected chi connectivity index (χ3v) is 2.54. The quantitative estimate of drug-likeness (QED) is 0.418. The summed E-state index contributed by atoms with van der Waals surface area (Å²) < 4.78 is 0. The molecule has 86 valence electrons. The molecule has 0 unspecified atom stereocenters. The van der Waals surface area contributed by atoms with Gasteiger partial charge in [0.15, 0.2) is 0 Å². The van der Waals surface area contributed by atoms with E-state index < -0.39 is 5.91 Å². The number of hydrogen-bond donors (Lipinski definition) is 3. The lowest BCUT2D eigenvalue weighted by Gasteiger charge is -2.09. The molecule has 0 aliphatic carbocycles. The third-order valence-electron chi connectivity index (χ3n) is 2.54. The van der Waals surface area contributed by atoms with Gasteiger partial charge in [-0.1, -0.05) is 42.5 Å². The molecule has 0 saturated carbocycles. The highest BCUT2D eigenvalue weighted by atomic mass is 16.5. The van der Waals surface area contributed by atoms with Crippen molar-refractivity contribution in [3.05, 3.63) is 54.1 Å². The predicted molar refractivity (Wildman–Crippen MR) is 65.5 cm³/mol. The molecule has 2 rings (SSSR count). The Hall–Kier alpha value is -2.33. The summed E-state index contributed by atoms with van der Waals surface area (Å²) in [4.78, 5) is 11.4. The van der Waals surface area contributed by atoms with Crippen LogP contribution in [-0.4, -0.2) is 11.1 Å². The van der Waals surface area contributed by atoms with Crippen LogP contribution in [0.25, 0.3) is 11.1 Å². The fourth-order valence-corrected chi connectivity index (χ4v) is 1.69. The van der Waals surface area contributed by atoms with Gasteiger partial charge in [0.05, 0.1) is 11.3 Å². The Bertz CT molecular complexity index is 538. The summed E-state index contributed by atoms with van der Waals surface area (Å²) in [5.41, 5.74) is 9.81. The van der Waals surface area contributed by atoms with Crippen LogP contribution in [0.15, 0.2) is 48.5 Å². The van der Waals surface area contributed by atoms with Gasteiger partial charge in [0.1, 0.15) is 0 Å². The van der Waals surface area contributed by atoms with Crippen molar-refractivity contribution in [2.24, 2.45) is 0 Å². The van der Waals surface area contributed by atoms with Crippen LogP contribution < -0.4 is 11.2 Å². The van der Waals surface area contributed by atoms with Crippen LogP contribution >= 0.6 is 0 Å². The van der Waals surface area contributed by atoms with Crippen molar-refractivity contribution < 1.29 is 10.0 Å². The van der Waals surface area contributed by atoms with E-state index in [1.165, 1.54) is 0 Å². The maximum absolute atomic E-state index is 11.4. The lowest BCUT2D eigenvalue weighted by atomic mass is 10.0. The molecule has 0 spiro atoms. The standard InChI is InChI=1S/C13H12N2O2/c14-12-10(9-5-2-1-3-6-9)7-4-8-11(12)13(16)15-17/h1-8,17H,14H2,(H,15,16). The molecule has 0 radical (unpaired) electrons. The van der Waals surface area contributed by atoms with Gasteiger partial charge in [-0.25, -0.2) is 5.48 Å². The van der Waals surface area contributed by atoms with E-state index in [0.717, 1.165) is 11.1 Å². The molecule has 4 N–H and O–H groups in total. The number of hydroxylamine groups is 1. The number of nitrogens with one attached hydrogen (secondary N) is 1. The van der Waals surface area contributed by atoms with Crippen LogP contribution in [0.5, 0.6) is 0 Å². The fraction of sp³-hybridized carbons (Fsp3) is 0. The number of benzene rings is 2. The summed E-state index contributed by atoms with van der Waals surface area (Å²) in [5, 5.41) is 8.62. The van der Waals surface area contributed by atoms with Gasteiger partial charge in [-0.15, -0.1) is 0 Å². The molecule has 0 bridgehead atoms. The Morgan fingerprint density at radius 1 is 1.06 bits per heavy atom. The minimum atomic E-state index is -0.611. The van der Waals surface area contributed by atoms with Crippen LogP contribution in [-0.2, 0) is 0 Å². The van der Waals surface area contributed by atoms with Crippen molar-refractivity contribution in [3.8, 4) is 11.1 Å². The maximum atomic E-state index is 11.4. The van der Waals surface area contributed by atoms with E-state index in [0.29, 0.717) is 5.69 Å². The first-order valence-electron chi connectivity index (χ1n) is 5.12. The molecule has 0 atom stereocenters. The fourth-order valence-electron chi connectivity index (χ4n) is 1.69. The SMILES string of the molecule is Nc1c(C(=O)NO)cccc1-c1ccccc1. The smallest absolute Gasteiger partial charge is 0.276 e. The highest BCUT2D eigenvalue weighted by molar-refractivity contribution is 6.01. The Morgan fingerprint density at radius 2 is 1.76 bits per heavy atom. The first kappa shape index (κ1) is 11.2. The zero-order chi connectivity index (χ0) is 12.3. The second-order valence-electron chi connectivity index (χ2n) is 3.57. The number of para-hydroxylation sites is 1. The van der Waals surface area contributed by atoms with Gasteiger partial charge in [0.25, 0.3) is 5.91 Å². The van der Waals surface area contributed by atoms with Gasteiger partial charge >= 0.3 is 0 Å². The maximum Gasteiger partial charge on any atom is 0.276 e. The van der Waals surface area contributed by atoms with Crippen molar-refractivity contribution in [2.75, 3.05) is 5.73 Å². The van der Waals surface area contributed by atoms with Crippen molar-refractivity contribution in [1.29, 1.82) is 0 Å². The number of amides is 1. The lowest BCUT2D eigenvalue weighted by Crippen LogP contribution is -2.20. The van der Waals surface area contributed by atoms with E-state index >= 15 is 0 Å². The summed E-state index contributed by atoms with van der Waals surface area (Å²) in [6.45, 7) is 0. The van der Waals surface area contributed by atoms with E-state index in [9.17, 15) is 4.79 Å². The molecule has 0 aliphatic heterocycles. The average Bonchev–Trinajstić information content (AvgIpc) is 2.39. The number of rotatable bonds is 2. The molecule has 4 nitrogen and oxygen atoms in total. The number of hydrogen-bond acceptors (Lipinski definition) is 3. The second-order valence-corrected chi connectivity index (χ2v) is 3.57. The van der Waals surface area contributed by atoms with Crippen molar-refractivity contribution in [3.63, 3.8) is 0 Å². The van der Waals surface area contributed by atoms with Gasteiger partial charge in [0.2, 0.25) is 0 Å². The molecular weight excluding hydrogens is 216 g/mol. The Labute approximate surface area is 98.7 Å². The summed E-state index contributed by atoms with van der Waals surface area (Å²) in [5.74, 6) is -0.611. The molecule has 2 aromatic carbocycles. The highest BCUT2D eigenvalue weighted by Crippen LogP contribution is 2.28. The van der Waals surface area contributed by atoms with Gasteiger partial charge in [-0.3, -0.25) is 10.0 Å². The van der Waals surface area contributed by atoms with E-state index in [1.807, 2.05) is 36.4 Å². The molecule has 2 aromatic rings. The lowest BCUT2D eigenvalue weighted by molar-refractivity contribution is 0.0707. The van der Waals surface area contributed by atoms with Gasteiger partial charge in [-0.2, -0.15) is 0 Å². The van der Waals surface area contributed by atoms with Gasteiger partial charge < -0.3 is 5.73 Å². The molecule has 0 fully saturated rings. The molecule has 0 heterocycles. The zero-order valence-electron chi connectivity index (χ0n) is 9.05. The first-order chi connectivity index (χ1) is 8.24. The predicted octanol–water partition coefficient (Wildman–Crippen LogP) is 2.05. The van der Waals surface area contributed by atoms with Crippen molar-refractivity contribution in [1.82, 2.24) is 5.48 Å². The summed E-state index contributed by atoms with van der Waals surface area (Å²) in [6, 6.07) is 14.6. The summed E-state index contributed by atoms with van der Waals surface area (Å²) in [6.07, 6.45) is 0. The first-order valence-corrected chi connectivity index (χ1v) is 5.12. The second kappa shape index (κ2) is 4.67. The largest absolute Gasteiger partial charge is 0.398 e. The minimum Gasteiger partial charge on any atom is -0.398 e. The van der Waals surface area contributed by atoms with Crippen LogP contribution in [0.3, 0.4) is 0 Å². The third kappa shape index (κ3) is 2.11. The van der Waals surface area contributed by atoms with Gasteiger partial charge in [0, 0.05) is 5.56 Å². The molecule has 17 heavy (non-hydrogen) atoms. The summed E-state index contributed by atoms with van der Waals surface area (Å²) in [7, 11) is 0. The van der Waals surface area contributed by atoms with Crippen LogP contribution in [0.2, 0.25) is 0 Å². The minimum absolute atomic E-state index is 0.258. The normalized spacial score (nSPS) is 9.94. The molecule has 0 aromatic heterocycles. The number of carbonyl (C=O) groups is 1. The summed E-state index contributed by atoms with van der Waals surface area (Å²) >= 11 is 0. The number of nitrogens with two attached hydrogens (primary N) is 1.